The molecule has 0 bridgehead atoms. The number of nitrogens with zero attached hydrogens (tertiary/aromatic N) is 4. The summed E-state index contributed by atoms with van der Waals surface area (Å²) in [6, 6.07) is 10.1. The molecule has 1 N–H and O–H groups in total. The molecule has 0 saturated heterocycles. The van der Waals surface area contributed by atoms with Crippen molar-refractivity contribution in [2.75, 3.05) is 5.32 Å². The molecule has 1 unspecified atom stereocenters. The number of nitrogens with one attached hydrogen (secondary N) is 1. The summed E-state index contributed by atoms with van der Waals surface area (Å²) in [5.74, 6) is 0.0936. The molecule has 0 aliphatic carbocycles. The van der Waals surface area contributed by atoms with E-state index in [1.807, 2.05) is 19.1 Å². The predicted molar refractivity (Wildman–Crippen MR) is 107 cm³/mol. The Kier molecular flexibility index (Phi) is 5.72. The molecule has 11 nitrogen and oxygen atoms in total. The SMILES string of the molecule is Cc1ccc(Oc2cc(NC(=O)C(C)n3cc([N+](=O)[O-])cn3)cc([N+](=O)[O-])c2)cc1. The first kappa shape index (κ1) is 20.5. The molecule has 154 valence electrons. The maximum Gasteiger partial charge on any atom is 0.307 e. The van der Waals surface area contributed by atoms with Gasteiger partial charge in [-0.2, -0.15) is 5.10 Å². The number of aryl methyl sites for hydroxylation is 1. The number of carbonyl (C=O) groups excluding carboxylic acids is 1. The third-order valence-electron chi connectivity index (χ3n) is 4.20. The standard InChI is InChI=1S/C19H17N5O6/c1-12-3-5-17(6-4-12)30-18-8-14(7-15(9-18)23(26)27)21-19(25)13(2)22-11-16(10-20-22)24(28)29/h3-11,13H,1-2H3,(H,21,25). The lowest BCUT2D eigenvalue weighted by atomic mass is 10.2. The summed E-state index contributed by atoms with van der Waals surface area (Å²) in [5, 5.41) is 28.4. The normalized spacial score (nSPS) is 11.5. The second kappa shape index (κ2) is 8.39. The Morgan fingerprint density at radius 1 is 1.07 bits per heavy atom. The smallest absolute Gasteiger partial charge is 0.307 e. The van der Waals surface area contributed by atoms with Gasteiger partial charge in [0.05, 0.1) is 21.6 Å². The Hall–Kier alpha value is -4.28. The van der Waals surface area contributed by atoms with Crippen LogP contribution in [0.4, 0.5) is 17.1 Å². The lowest BCUT2D eigenvalue weighted by Crippen LogP contribution is -2.24. The fourth-order valence-electron chi connectivity index (χ4n) is 2.56. The van der Waals surface area contributed by atoms with Crippen LogP contribution in [-0.2, 0) is 4.79 Å². The van der Waals surface area contributed by atoms with Gasteiger partial charge >= 0.3 is 5.69 Å². The first-order valence-corrected chi connectivity index (χ1v) is 8.76. The molecule has 3 aromatic rings. The summed E-state index contributed by atoms with van der Waals surface area (Å²) in [7, 11) is 0. The van der Waals surface area contributed by atoms with Crippen LogP contribution in [0.1, 0.15) is 18.5 Å². The van der Waals surface area contributed by atoms with Gasteiger partial charge in [-0.05, 0) is 26.0 Å². The highest BCUT2D eigenvalue weighted by atomic mass is 16.6. The number of hydrogen-bond donors (Lipinski definition) is 1. The number of benzene rings is 2. The van der Waals surface area contributed by atoms with Crippen LogP contribution in [0, 0.1) is 27.2 Å². The van der Waals surface area contributed by atoms with Crippen LogP contribution < -0.4 is 10.1 Å². The monoisotopic (exact) mass is 411 g/mol. The predicted octanol–water partition coefficient (Wildman–Crippen LogP) is 4.00. The van der Waals surface area contributed by atoms with Crippen molar-refractivity contribution < 1.29 is 19.4 Å². The molecule has 30 heavy (non-hydrogen) atoms. The summed E-state index contributed by atoms with van der Waals surface area (Å²) in [4.78, 5) is 33.4. The lowest BCUT2D eigenvalue weighted by molar-refractivity contribution is -0.385. The van der Waals surface area contributed by atoms with Gasteiger partial charge in [0.25, 0.3) is 5.69 Å². The molecule has 11 heteroatoms. The Morgan fingerprint density at radius 3 is 2.33 bits per heavy atom. The van der Waals surface area contributed by atoms with Crippen molar-refractivity contribution in [2.45, 2.75) is 19.9 Å². The summed E-state index contributed by atoms with van der Waals surface area (Å²) in [6.07, 6.45) is 2.16. The van der Waals surface area contributed by atoms with Crippen LogP contribution in [0.15, 0.2) is 54.9 Å². The average molecular weight is 411 g/mol. The van der Waals surface area contributed by atoms with Crippen LogP contribution >= 0.6 is 0 Å². The first-order valence-electron chi connectivity index (χ1n) is 8.76. The van der Waals surface area contributed by atoms with E-state index in [9.17, 15) is 25.0 Å². The molecular formula is C19H17N5O6. The number of rotatable bonds is 7. The van der Waals surface area contributed by atoms with Crippen molar-refractivity contribution in [1.82, 2.24) is 9.78 Å². The van der Waals surface area contributed by atoms with Crippen molar-refractivity contribution in [2.24, 2.45) is 0 Å². The van der Waals surface area contributed by atoms with Crippen molar-refractivity contribution in [3.05, 3.63) is 80.7 Å². The molecule has 3 rings (SSSR count). The Morgan fingerprint density at radius 2 is 1.73 bits per heavy atom. The fourth-order valence-corrected chi connectivity index (χ4v) is 2.56. The zero-order valence-electron chi connectivity index (χ0n) is 16.0. The number of non-ortho nitro benzene ring substituents is 1. The molecule has 1 amide bonds. The van der Waals surface area contributed by atoms with E-state index in [4.69, 9.17) is 4.74 Å². The van der Waals surface area contributed by atoms with Crippen molar-refractivity contribution >= 4 is 23.0 Å². The highest BCUT2D eigenvalue weighted by Gasteiger charge is 2.20. The third-order valence-corrected chi connectivity index (χ3v) is 4.20. The van der Waals surface area contributed by atoms with E-state index in [0.29, 0.717) is 5.75 Å². The molecule has 0 radical (unpaired) electrons. The molecule has 1 atom stereocenters. The molecule has 1 aromatic heterocycles. The fraction of sp³-hybridized carbons (Fsp3) is 0.158. The molecule has 0 aliphatic heterocycles. The number of anilines is 1. The largest absolute Gasteiger partial charge is 0.457 e. The molecule has 0 saturated carbocycles. The number of carbonyl (C=O) groups is 1. The van der Waals surface area contributed by atoms with Gasteiger partial charge in [-0.15, -0.1) is 0 Å². The van der Waals surface area contributed by atoms with Crippen LogP contribution in [0.25, 0.3) is 0 Å². The highest BCUT2D eigenvalue weighted by Crippen LogP contribution is 2.30. The zero-order valence-corrected chi connectivity index (χ0v) is 16.0. The van der Waals surface area contributed by atoms with Gasteiger partial charge < -0.3 is 10.1 Å². The van der Waals surface area contributed by atoms with E-state index in [1.54, 1.807) is 12.1 Å². The van der Waals surface area contributed by atoms with Crippen molar-refractivity contribution in [3.63, 3.8) is 0 Å². The summed E-state index contributed by atoms with van der Waals surface area (Å²) >= 11 is 0. The van der Waals surface area contributed by atoms with Crippen LogP contribution in [0.3, 0.4) is 0 Å². The van der Waals surface area contributed by atoms with Crippen molar-refractivity contribution in [1.29, 1.82) is 0 Å². The second-order valence-electron chi connectivity index (χ2n) is 6.49. The Bertz CT molecular complexity index is 1110. The van der Waals surface area contributed by atoms with Gasteiger partial charge in [0.2, 0.25) is 5.91 Å². The van der Waals surface area contributed by atoms with Gasteiger partial charge in [-0.25, -0.2) is 0 Å². The minimum Gasteiger partial charge on any atom is -0.457 e. The lowest BCUT2D eigenvalue weighted by Gasteiger charge is -2.13. The van der Waals surface area contributed by atoms with Gasteiger partial charge in [0, 0.05) is 12.1 Å². The van der Waals surface area contributed by atoms with E-state index in [0.717, 1.165) is 22.6 Å². The second-order valence-corrected chi connectivity index (χ2v) is 6.49. The van der Waals surface area contributed by atoms with Crippen molar-refractivity contribution in [3.8, 4) is 11.5 Å². The Labute approximate surface area is 170 Å². The summed E-state index contributed by atoms with van der Waals surface area (Å²) in [5.41, 5.74) is 0.656. The number of ether oxygens (including phenoxy) is 1. The number of amides is 1. The Balaban J connectivity index is 1.82. The van der Waals surface area contributed by atoms with Gasteiger partial charge in [-0.3, -0.25) is 29.7 Å². The average Bonchev–Trinajstić information content (AvgIpc) is 3.19. The maximum atomic E-state index is 12.5. The van der Waals surface area contributed by atoms with Gasteiger partial charge in [-0.1, -0.05) is 17.7 Å². The minimum absolute atomic E-state index is 0.143. The topological polar surface area (TPSA) is 142 Å². The molecule has 1 heterocycles. The number of nitro benzene ring substituents is 1. The maximum absolute atomic E-state index is 12.5. The molecular weight excluding hydrogens is 394 g/mol. The van der Waals surface area contributed by atoms with E-state index >= 15 is 0 Å². The quantitative estimate of drug-likeness (QED) is 0.457. The zero-order chi connectivity index (χ0) is 21.8. The molecule has 0 aliphatic rings. The highest BCUT2D eigenvalue weighted by molar-refractivity contribution is 5.94. The summed E-state index contributed by atoms with van der Waals surface area (Å²) < 4.78 is 6.81. The van der Waals surface area contributed by atoms with Gasteiger partial charge in [0.1, 0.15) is 29.9 Å². The first-order chi connectivity index (χ1) is 14.2. The van der Waals surface area contributed by atoms with Gasteiger partial charge in [0.15, 0.2) is 0 Å². The summed E-state index contributed by atoms with van der Waals surface area (Å²) in [6.45, 7) is 3.41. The van der Waals surface area contributed by atoms with E-state index < -0.39 is 21.8 Å². The van der Waals surface area contributed by atoms with E-state index in [-0.39, 0.29) is 22.8 Å². The van der Waals surface area contributed by atoms with Crippen LogP contribution in [0.2, 0.25) is 0 Å². The van der Waals surface area contributed by atoms with Crippen LogP contribution in [-0.4, -0.2) is 25.5 Å². The molecule has 2 aromatic carbocycles. The number of aromatic nitrogens is 2. The number of hydrogen-bond acceptors (Lipinski definition) is 7. The van der Waals surface area contributed by atoms with E-state index in [2.05, 4.69) is 10.4 Å². The molecule has 0 spiro atoms. The minimum atomic E-state index is -0.889. The van der Waals surface area contributed by atoms with Crippen LogP contribution in [0.5, 0.6) is 11.5 Å². The third kappa shape index (κ3) is 4.76. The van der Waals surface area contributed by atoms with E-state index in [1.165, 1.54) is 25.1 Å². The molecule has 0 fully saturated rings. The number of nitro groups is 2.